The number of aryl methyl sites for hydroxylation is 1. The van der Waals surface area contributed by atoms with E-state index in [0.717, 1.165) is 35.5 Å². The zero-order valence-electron chi connectivity index (χ0n) is 11.1. The van der Waals surface area contributed by atoms with Crippen molar-refractivity contribution in [1.29, 1.82) is 0 Å². The van der Waals surface area contributed by atoms with Gasteiger partial charge >= 0.3 is 0 Å². The van der Waals surface area contributed by atoms with Crippen LogP contribution in [0.2, 0.25) is 0 Å². The van der Waals surface area contributed by atoms with Crippen molar-refractivity contribution >= 4 is 5.69 Å². The number of nitrogens with two attached hydrogens (primary N) is 1. The molecule has 0 aliphatic heterocycles. The van der Waals surface area contributed by atoms with Crippen LogP contribution >= 0.6 is 0 Å². The van der Waals surface area contributed by atoms with Crippen LogP contribution in [-0.4, -0.2) is 20.2 Å². The SMILES string of the molecule is CCC(CC)n1nnnc1-c1ccc(N)c(C)c1. The Labute approximate surface area is 107 Å². The first-order valence-corrected chi connectivity index (χ1v) is 6.31. The molecule has 5 heteroatoms. The molecule has 0 saturated heterocycles. The largest absolute Gasteiger partial charge is 0.399 e. The number of hydrogen-bond donors (Lipinski definition) is 1. The highest BCUT2D eigenvalue weighted by molar-refractivity contribution is 5.61. The average Bonchev–Trinajstić information content (AvgIpc) is 2.83. The molecule has 0 spiro atoms. The molecule has 1 heterocycles. The predicted octanol–water partition coefficient (Wildman–Crippen LogP) is 2.59. The summed E-state index contributed by atoms with van der Waals surface area (Å²) in [6, 6.07) is 6.23. The van der Waals surface area contributed by atoms with E-state index in [4.69, 9.17) is 5.73 Å². The minimum absolute atomic E-state index is 0.341. The van der Waals surface area contributed by atoms with Gasteiger partial charge in [-0.1, -0.05) is 13.8 Å². The monoisotopic (exact) mass is 245 g/mol. The van der Waals surface area contributed by atoms with Crippen LogP contribution in [-0.2, 0) is 0 Å². The predicted molar refractivity (Wildman–Crippen MR) is 72.0 cm³/mol. The van der Waals surface area contributed by atoms with Gasteiger partial charge in [0.25, 0.3) is 0 Å². The van der Waals surface area contributed by atoms with E-state index in [9.17, 15) is 0 Å². The molecule has 0 aliphatic rings. The Morgan fingerprint density at radius 3 is 2.61 bits per heavy atom. The second-order valence-electron chi connectivity index (χ2n) is 4.49. The first-order chi connectivity index (χ1) is 8.67. The van der Waals surface area contributed by atoms with Crippen molar-refractivity contribution in [2.45, 2.75) is 39.7 Å². The van der Waals surface area contributed by atoms with Gasteiger partial charge in [0.15, 0.2) is 5.82 Å². The number of aromatic nitrogens is 4. The molecule has 0 saturated carbocycles. The van der Waals surface area contributed by atoms with Gasteiger partial charge in [-0.15, -0.1) is 5.10 Å². The Bertz CT molecular complexity index is 528. The maximum absolute atomic E-state index is 5.83. The van der Waals surface area contributed by atoms with E-state index in [-0.39, 0.29) is 0 Å². The molecule has 0 atom stereocenters. The Hall–Kier alpha value is -1.91. The lowest BCUT2D eigenvalue weighted by molar-refractivity contribution is 0.422. The van der Waals surface area contributed by atoms with Gasteiger partial charge in [-0.3, -0.25) is 0 Å². The van der Waals surface area contributed by atoms with Gasteiger partial charge in [-0.25, -0.2) is 4.68 Å². The Morgan fingerprint density at radius 2 is 2.00 bits per heavy atom. The second-order valence-corrected chi connectivity index (χ2v) is 4.49. The number of rotatable bonds is 4. The lowest BCUT2D eigenvalue weighted by Gasteiger charge is -2.14. The first kappa shape index (κ1) is 12.5. The van der Waals surface area contributed by atoms with E-state index >= 15 is 0 Å². The van der Waals surface area contributed by atoms with E-state index in [1.165, 1.54) is 0 Å². The van der Waals surface area contributed by atoms with Gasteiger partial charge in [0.2, 0.25) is 0 Å². The molecular formula is C13H19N5. The molecule has 18 heavy (non-hydrogen) atoms. The van der Waals surface area contributed by atoms with Crippen molar-refractivity contribution < 1.29 is 0 Å². The fourth-order valence-corrected chi connectivity index (χ4v) is 2.08. The lowest BCUT2D eigenvalue weighted by Crippen LogP contribution is -2.10. The van der Waals surface area contributed by atoms with Crippen LogP contribution in [0.25, 0.3) is 11.4 Å². The summed E-state index contributed by atoms with van der Waals surface area (Å²) in [7, 11) is 0. The first-order valence-electron chi connectivity index (χ1n) is 6.31. The fraction of sp³-hybridized carbons (Fsp3) is 0.462. The molecule has 0 fully saturated rings. The summed E-state index contributed by atoms with van der Waals surface area (Å²) in [4.78, 5) is 0. The molecule has 1 aromatic heterocycles. The molecule has 0 bridgehead atoms. The minimum atomic E-state index is 0.341. The van der Waals surface area contributed by atoms with E-state index in [0.29, 0.717) is 6.04 Å². The van der Waals surface area contributed by atoms with Crippen molar-refractivity contribution in [3.8, 4) is 11.4 Å². The third kappa shape index (κ3) is 2.20. The molecular weight excluding hydrogens is 226 g/mol. The van der Waals surface area contributed by atoms with E-state index in [1.807, 2.05) is 29.8 Å². The maximum atomic E-state index is 5.83. The van der Waals surface area contributed by atoms with E-state index in [2.05, 4.69) is 29.4 Å². The van der Waals surface area contributed by atoms with E-state index in [1.54, 1.807) is 0 Å². The van der Waals surface area contributed by atoms with Gasteiger partial charge in [0, 0.05) is 11.3 Å². The Kier molecular flexibility index (Phi) is 3.60. The number of nitrogens with zero attached hydrogens (tertiary/aromatic N) is 4. The fourth-order valence-electron chi connectivity index (χ4n) is 2.08. The van der Waals surface area contributed by atoms with Gasteiger partial charge in [0.05, 0.1) is 6.04 Å². The zero-order valence-corrected chi connectivity index (χ0v) is 11.1. The minimum Gasteiger partial charge on any atom is -0.399 e. The summed E-state index contributed by atoms with van der Waals surface area (Å²) in [5.74, 6) is 0.812. The molecule has 0 amide bonds. The molecule has 5 nitrogen and oxygen atoms in total. The number of nitrogen functional groups attached to an aromatic ring is 1. The van der Waals surface area contributed by atoms with Crippen molar-refractivity contribution in [2.24, 2.45) is 0 Å². The topological polar surface area (TPSA) is 69.6 Å². The average molecular weight is 245 g/mol. The van der Waals surface area contributed by atoms with Crippen molar-refractivity contribution in [1.82, 2.24) is 20.2 Å². The van der Waals surface area contributed by atoms with Crippen LogP contribution in [0.3, 0.4) is 0 Å². The molecule has 2 rings (SSSR count). The summed E-state index contributed by atoms with van der Waals surface area (Å²) in [5, 5.41) is 12.0. The normalized spacial score (nSPS) is 11.1. The molecule has 0 aliphatic carbocycles. The standard InChI is InChI=1S/C13H19N5/c1-4-11(5-2)18-13(15-16-17-18)10-6-7-12(14)9(3)8-10/h6-8,11H,4-5,14H2,1-3H3. The highest BCUT2D eigenvalue weighted by Gasteiger charge is 2.15. The summed E-state index contributed by atoms with van der Waals surface area (Å²) in [5.41, 5.74) is 8.69. The highest BCUT2D eigenvalue weighted by atomic mass is 15.5. The van der Waals surface area contributed by atoms with Gasteiger partial charge < -0.3 is 5.73 Å². The molecule has 2 aromatic rings. The summed E-state index contributed by atoms with van der Waals surface area (Å²) < 4.78 is 1.91. The summed E-state index contributed by atoms with van der Waals surface area (Å²) in [6.07, 6.45) is 2.03. The van der Waals surface area contributed by atoms with E-state index < -0.39 is 0 Å². The van der Waals surface area contributed by atoms with Crippen LogP contribution in [0.15, 0.2) is 18.2 Å². The molecule has 2 N–H and O–H groups in total. The quantitative estimate of drug-likeness (QED) is 0.840. The number of anilines is 1. The lowest BCUT2D eigenvalue weighted by atomic mass is 10.1. The maximum Gasteiger partial charge on any atom is 0.182 e. The third-order valence-corrected chi connectivity index (χ3v) is 3.31. The van der Waals surface area contributed by atoms with Crippen LogP contribution in [0.4, 0.5) is 5.69 Å². The smallest absolute Gasteiger partial charge is 0.182 e. The summed E-state index contributed by atoms with van der Waals surface area (Å²) in [6.45, 7) is 6.28. The van der Waals surface area contributed by atoms with Crippen molar-refractivity contribution in [3.63, 3.8) is 0 Å². The molecule has 0 unspecified atom stereocenters. The number of tetrazole rings is 1. The van der Waals surface area contributed by atoms with Gasteiger partial charge in [-0.05, 0) is 54.0 Å². The van der Waals surface area contributed by atoms with Crippen LogP contribution in [0, 0.1) is 6.92 Å². The Morgan fingerprint density at radius 1 is 1.28 bits per heavy atom. The van der Waals surface area contributed by atoms with Crippen LogP contribution < -0.4 is 5.73 Å². The van der Waals surface area contributed by atoms with Gasteiger partial charge in [0.1, 0.15) is 0 Å². The van der Waals surface area contributed by atoms with Crippen LogP contribution in [0.1, 0.15) is 38.3 Å². The summed E-state index contributed by atoms with van der Waals surface area (Å²) >= 11 is 0. The van der Waals surface area contributed by atoms with Crippen molar-refractivity contribution in [2.75, 3.05) is 5.73 Å². The molecule has 0 radical (unpaired) electrons. The third-order valence-electron chi connectivity index (χ3n) is 3.31. The molecule has 1 aromatic carbocycles. The highest BCUT2D eigenvalue weighted by Crippen LogP contribution is 2.25. The number of hydrogen-bond acceptors (Lipinski definition) is 4. The van der Waals surface area contributed by atoms with Crippen molar-refractivity contribution in [3.05, 3.63) is 23.8 Å². The second kappa shape index (κ2) is 5.16. The molecule has 96 valence electrons. The Balaban J connectivity index is 2.45. The zero-order chi connectivity index (χ0) is 13.1. The van der Waals surface area contributed by atoms with Gasteiger partial charge in [-0.2, -0.15) is 0 Å². The number of benzene rings is 1. The van der Waals surface area contributed by atoms with Crippen LogP contribution in [0.5, 0.6) is 0 Å².